The maximum atomic E-state index is 11.9. The van der Waals surface area contributed by atoms with E-state index < -0.39 is 15.6 Å². The van der Waals surface area contributed by atoms with Crippen molar-refractivity contribution in [3.63, 3.8) is 0 Å². The summed E-state index contributed by atoms with van der Waals surface area (Å²) in [4.78, 5) is 11.5. The lowest BCUT2D eigenvalue weighted by Crippen LogP contribution is -2.38. The molecule has 3 aromatic rings. The van der Waals surface area contributed by atoms with E-state index in [0.29, 0.717) is 29.9 Å². The Morgan fingerprint density at radius 2 is 2.26 bits per heavy atom. The van der Waals surface area contributed by atoms with E-state index in [-0.39, 0.29) is 18.8 Å². The van der Waals surface area contributed by atoms with Gasteiger partial charge in [-0.15, -0.1) is 0 Å². The minimum absolute atomic E-state index is 0.128. The number of nitrogens with zero attached hydrogens (tertiary/aromatic N) is 6. The van der Waals surface area contributed by atoms with Gasteiger partial charge < -0.3 is 10.7 Å². The van der Waals surface area contributed by atoms with Crippen LogP contribution in [0.25, 0.3) is 22.3 Å². The van der Waals surface area contributed by atoms with Crippen LogP contribution in [0, 0.1) is 11.3 Å². The van der Waals surface area contributed by atoms with Gasteiger partial charge in [0.05, 0.1) is 35.5 Å². The Balaban J connectivity index is 1.80. The van der Waals surface area contributed by atoms with Crippen LogP contribution in [0.1, 0.15) is 12.8 Å². The van der Waals surface area contributed by atoms with Gasteiger partial charge in [-0.1, -0.05) is 0 Å². The van der Waals surface area contributed by atoms with Gasteiger partial charge in [-0.3, -0.25) is 4.68 Å². The minimum atomic E-state index is -3.35. The molecule has 3 N–H and O–H groups in total. The molecule has 0 radical (unpaired) electrons. The average molecular weight is 386 g/mol. The van der Waals surface area contributed by atoms with Gasteiger partial charge >= 0.3 is 0 Å². The van der Waals surface area contributed by atoms with E-state index in [4.69, 9.17) is 5.73 Å². The quantitative estimate of drug-likeness (QED) is 0.670. The van der Waals surface area contributed by atoms with Crippen LogP contribution in [-0.2, 0) is 15.6 Å². The molecule has 1 aliphatic heterocycles. The molecular weight excluding hydrogens is 368 g/mol. The van der Waals surface area contributed by atoms with Crippen molar-refractivity contribution in [2.45, 2.75) is 18.4 Å². The van der Waals surface area contributed by atoms with Crippen molar-refractivity contribution in [3.8, 4) is 17.3 Å². The molecule has 1 saturated heterocycles. The predicted octanol–water partition coefficient (Wildman–Crippen LogP) is 0.678. The number of rotatable bonds is 4. The number of aromatic amines is 1. The number of anilines is 1. The molecular formula is C16H18N8O2S. The van der Waals surface area contributed by atoms with Gasteiger partial charge in [0.15, 0.2) is 5.82 Å². The van der Waals surface area contributed by atoms with Crippen LogP contribution in [0.4, 0.5) is 5.82 Å². The van der Waals surface area contributed by atoms with E-state index in [2.05, 4.69) is 26.1 Å². The molecule has 0 aliphatic carbocycles. The van der Waals surface area contributed by atoms with Crippen molar-refractivity contribution < 1.29 is 8.42 Å². The van der Waals surface area contributed by atoms with E-state index in [1.165, 1.54) is 16.9 Å². The largest absolute Gasteiger partial charge is 0.382 e. The van der Waals surface area contributed by atoms with Crippen LogP contribution < -0.4 is 5.73 Å². The highest BCUT2D eigenvalue weighted by atomic mass is 32.2. The summed E-state index contributed by atoms with van der Waals surface area (Å²) >= 11 is 0. The number of nitrogen functional groups attached to an aromatic ring is 1. The van der Waals surface area contributed by atoms with Gasteiger partial charge in [0.2, 0.25) is 10.0 Å². The van der Waals surface area contributed by atoms with E-state index in [1.807, 2.05) is 6.07 Å². The first-order chi connectivity index (χ1) is 12.8. The first kappa shape index (κ1) is 17.4. The third-order valence-corrected chi connectivity index (χ3v) is 6.26. The zero-order valence-corrected chi connectivity index (χ0v) is 15.4. The van der Waals surface area contributed by atoms with Crippen LogP contribution in [0.5, 0.6) is 0 Å². The van der Waals surface area contributed by atoms with E-state index in [0.717, 1.165) is 5.39 Å². The zero-order chi connectivity index (χ0) is 19.2. The summed E-state index contributed by atoms with van der Waals surface area (Å²) in [6, 6.07) is 4.02. The fourth-order valence-electron chi connectivity index (χ4n) is 3.56. The monoisotopic (exact) mass is 386 g/mol. The number of aromatic nitrogens is 5. The van der Waals surface area contributed by atoms with Crippen LogP contribution in [0.15, 0.2) is 24.8 Å². The molecule has 10 nitrogen and oxygen atoms in total. The number of H-pyrrole nitrogens is 1. The van der Waals surface area contributed by atoms with Crippen molar-refractivity contribution in [2.75, 3.05) is 25.1 Å². The Morgan fingerprint density at radius 3 is 2.96 bits per heavy atom. The van der Waals surface area contributed by atoms with Crippen LogP contribution >= 0.6 is 0 Å². The van der Waals surface area contributed by atoms with Gasteiger partial charge in [0.25, 0.3) is 0 Å². The molecule has 4 heterocycles. The highest BCUT2D eigenvalue weighted by Gasteiger charge is 2.44. The average Bonchev–Trinajstić information content (AvgIpc) is 3.32. The number of hydrogen-bond acceptors (Lipinski definition) is 7. The summed E-state index contributed by atoms with van der Waals surface area (Å²) in [6.07, 6.45) is 6.73. The molecule has 140 valence electrons. The number of hydrogen-bond donors (Lipinski definition) is 2. The van der Waals surface area contributed by atoms with Gasteiger partial charge in [0.1, 0.15) is 12.0 Å². The first-order valence-corrected chi connectivity index (χ1v) is 10.1. The number of nitrogens with one attached hydrogen (secondary N) is 1. The maximum Gasteiger partial charge on any atom is 0.211 e. The molecule has 1 atom stereocenters. The van der Waals surface area contributed by atoms with Crippen molar-refractivity contribution in [2.24, 2.45) is 0 Å². The second-order valence-corrected chi connectivity index (χ2v) is 8.72. The number of nitriles is 1. The molecule has 4 rings (SSSR count). The molecule has 1 unspecified atom stereocenters. The summed E-state index contributed by atoms with van der Waals surface area (Å²) in [5, 5.41) is 14.6. The van der Waals surface area contributed by atoms with Crippen LogP contribution in [-0.4, -0.2) is 56.8 Å². The Morgan fingerprint density at radius 1 is 1.44 bits per heavy atom. The lowest BCUT2D eigenvalue weighted by Gasteiger charge is -2.27. The maximum absolute atomic E-state index is 11.9. The Kier molecular flexibility index (Phi) is 3.90. The molecule has 11 heteroatoms. The molecule has 3 aromatic heterocycles. The van der Waals surface area contributed by atoms with Gasteiger partial charge in [-0.25, -0.2) is 18.4 Å². The highest BCUT2D eigenvalue weighted by molar-refractivity contribution is 7.88. The number of sulfonamides is 1. The van der Waals surface area contributed by atoms with Crippen molar-refractivity contribution in [3.05, 3.63) is 24.8 Å². The fraction of sp³-hybridized carbons (Fsp3) is 0.375. The third kappa shape index (κ3) is 2.83. The normalized spacial score (nSPS) is 20.9. The van der Waals surface area contributed by atoms with E-state index >= 15 is 0 Å². The Labute approximate surface area is 155 Å². The first-order valence-electron chi connectivity index (χ1n) is 8.30. The molecule has 0 amide bonds. The summed E-state index contributed by atoms with van der Waals surface area (Å²) in [5.41, 5.74) is 7.34. The van der Waals surface area contributed by atoms with E-state index in [9.17, 15) is 13.7 Å². The summed E-state index contributed by atoms with van der Waals surface area (Å²) < 4.78 is 26.9. The second kappa shape index (κ2) is 6.04. The zero-order valence-electron chi connectivity index (χ0n) is 14.6. The van der Waals surface area contributed by atoms with Gasteiger partial charge in [-0.2, -0.15) is 14.7 Å². The molecule has 1 fully saturated rings. The number of fused-ring (bicyclic) bond motifs is 1. The Bertz CT molecular complexity index is 1160. The fourth-order valence-corrected chi connectivity index (χ4v) is 4.46. The topological polar surface area (TPSA) is 147 Å². The van der Waals surface area contributed by atoms with Crippen LogP contribution in [0.3, 0.4) is 0 Å². The Hall–Kier alpha value is -2.97. The SMILES string of the molecule is CS(=O)(=O)N1CCC(CC#N)(n2cc(-c3ncnc4[nH]ccc34)c(N)n2)C1. The minimum Gasteiger partial charge on any atom is -0.382 e. The second-order valence-electron chi connectivity index (χ2n) is 6.74. The molecule has 0 bridgehead atoms. The van der Waals surface area contributed by atoms with Crippen LogP contribution in [0.2, 0.25) is 0 Å². The molecule has 0 saturated carbocycles. The summed E-state index contributed by atoms with van der Waals surface area (Å²) in [7, 11) is -3.35. The predicted molar refractivity (Wildman–Crippen MR) is 98.8 cm³/mol. The van der Waals surface area contributed by atoms with E-state index in [1.54, 1.807) is 17.1 Å². The summed E-state index contributed by atoms with van der Waals surface area (Å²) in [6.45, 7) is 0.522. The summed E-state index contributed by atoms with van der Waals surface area (Å²) in [5.74, 6) is 0.270. The molecule has 1 aliphatic rings. The highest BCUT2D eigenvalue weighted by Crippen LogP contribution is 2.37. The van der Waals surface area contributed by atoms with Gasteiger partial charge in [0, 0.05) is 30.9 Å². The van der Waals surface area contributed by atoms with Crippen molar-refractivity contribution in [1.29, 1.82) is 5.26 Å². The third-order valence-electron chi connectivity index (χ3n) is 5.01. The number of nitrogens with two attached hydrogens (primary N) is 1. The molecule has 27 heavy (non-hydrogen) atoms. The molecule has 0 spiro atoms. The molecule has 0 aromatic carbocycles. The lowest BCUT2D eigenvalue weighted by atomic mass is 9.95. The van der Waals surface area contributed by atoms with Crippen molar-refractivity contribution in [1.82, 2.24) is 29.0 Å². The lowest BCUT2D eigenvalue weighted by molar-refractivity contribution is 0.277. The van der Waals surface area contributed by atoms with Gasteiger partial charge in [-0.05, 0) is 12.5 Å². The van der Waals surface area contributed by atoms with Crippen molar-refractivity contribution >= 4 is 26.9 Å². The smallest absolute Gasteiger partial charge is 0.211 e. The standard InChI is InChI=1S/C16H18N8O2S/c1-27(25,26)23-7-4-16(9-23,3-5-17)24-8-12(14(18)22-24)13-11-2-6-19-15(11)21-10-20-13/h2,6,8,10H,3-4,7,9H2,1H3,(H2,18,22)(H,19,20,21).